The molecule has 2 aromatic rings. The summed E-state index contributed by atoms with van der Waals surface area (Å²) in [6.07, 6.45) is 0.0536. The Kier molecular flexibility index (Phi) is 8.43. The van der Waals surface area contributed by atoms with Gasteiger partial charge >= 0.3 is 11.9 Å². The molecular formula is C29H36O6. The summed E-state index contributed by atoms with van der Waals surface area (Å²) in [5.41, 5.74) is -0.191. The summed E-state index contributed by atoms with van der Waals surface area (Å²) >= 11 is 0. The van der Waals surface area contributed by atoms with Crippen LogP contribution in [0.5, 0.6) is 0 Å². The van der Waals surface area contributed by atoms with Gasteiger partial charge in [0.1, 0.15) is 0 Å². The second-order valence-corrected chi connectivity index (χ2v) is 11.0. The Bertz CT molecular complexity index is 990. The molecule has 6 nitrogen and oxygen atoms in total. The van der Waals surface area contributed by atoms with Crippen LogP contribution < -0.4 is 0 Å². The normalized spacial score (nSPS) is 12.1. The Balaban J connectivity index is 2.44. The predicted octanol–water partition coefficient (Wildman–Crippen LogP) is 5.26. The van der Waals surface area contributed by atoms with Gasteiger partial charge in [0.15, 0.2) is 17.0 Å². The van der Waals surface area contributed by atoms with Gasteiger partial charge in [-0.15, -0.1) is 0 Å². The SMILES string of the molecule is COC(=O)C(Cc1ccc(C(=O)C(C)(C)C)cc1)(Cc1ccc(C(=O)C(C)(C)C)cc1)C(=O)OC. The lowest BCUT2D eigenvalue weighted by atomic mass is 9.75. The molecule has 35 heavy (non-hydrogen) atoms. The molecule has 0 fully saturated rings. The Morgan fingerprint density at radius 1 is 0.571 bits per heavy atom. The van der Waals surface area contributed by atoms with Gasteiger partial charge in [-0.05, 0) is 24.0 Å². The highest BCUT2D eigenvalue weighted by molar-refractivity contribution is 6.02. The van der Waals surface area contributed by atoms with Gasteiger partial charge in [0.05, 0.1) is 14.2 Å². The molecule has 0 saturated heterocycles. The highest BCUT2D eigenvalue weighted by atomic mass is 16.5. The molecule has 0 aliphatic heterocycles. The summed E-state index contributed by atoms with van der Waals surface area (Å²) in [6, 6.07) is 13.8. The van der Waals surface area contributed by atoms with Crippen LogP contribution >= 0.6 is 0 Å². The largest absolute Gasteiger partial charge is 0.468 e. The van der Waals surface area contributed by atoms with Crippen molar-refractivity contribution in [3.05, 3.63) is 70.8 Å². The van der Waals surface area contributed by atoms with Crippen LogP contribution in [0.1, 0.15) is 73.4 Å². The molecule has 0 N–H and O–H groups in total. The molecule has 0 bridgehead atoms. The van der Waals surface area contributed by atoms with Gasteiger partial charge in [-0.1, -0.05) is 90.1 Å². The van der Waals surface area contributed by atoms with Crippen molar-refractivity contribution in [2.24, 2.45) is 16.2 Å². The zero-order valence-electron chi connectivity index (χ0n) is 22.0. The zero-order chi connectivity index (χ0) is 26.6. The van der Waals surface area contributed by atoms with Crippen LogP contribution in [0.25, 0.3) is 0 Å². The molecule has 0 spiro atoms. The van der Waals surface area contributed by atoms with Gasteiger partial charge < -0.3 is 9.47 Å². The zero-order valence-corrected chi connectivity index (χ0v) is 22.0. The summed E-state index contributed by atoms with van der Waals surface area (Å²) in [5.74, 6) is -1.43. The third-order valence-corrected chi connectivity index (χ3v) is 5.96. The summed E-state index contributed by atoms with van der Waals surface area (Å²) < 4.78 is 10.1. The highest BCUT2D eigenvalue weighted by Gasteiger charge is 2.48. The lowest BCUT2D eigenvalue weighted by Crippen LogP contribution is -2.45. The number of methoxy groups -OCH3 is 2. The number of Topliss-reactive ketones (excluding diaryl/α,β-unsaturated/α-hetero) is 2. The van der Waals surface area contributed by atoms with Crippen LogP contribution in [0.3, 0.4) is 0 Å². The monoisotopic (exact) mass is 480 g/mol. The maximum Gasteiger partial charge on any atom is 0.323 e. The minimum atomic E-state index is -1.63. The van der Waals surface area contributed by atoms with Crippen LogP contribution in [0.2, 0.25) is 0 Å². The van der Waals surface area contributed by atoms with Crippen LogP contribution in [-0.4, -0.2) is 37.7 Å². The van der Waals surface area contributed by atoms with Crippen molar-refractivity contribution in [2.75, 3.05) is 14.2 Å². The fourth-order valence-electron chi connectivity index (χ4n) is 3.94. The molecule has 2 rings (SSSR count). The third-order valence-electron chi connectivity index (χ3n) is 5.96. The quantitative estimate of drug-likeness (QED) is 0.291. The molecule has 0 heterocycles. The van der Waals surface area contributed by atoms with Gasteiger partial charge in [-0.2, -0.15) is 0 Å². The first-order valence-corrected chi connectivity index (χ1v) is 11.6. The number of esters is 2. The van der Waals surface area contributed by atoms with Crippen molar-refractivity contribution in [3.63, 3.8) is 0 Å². The molecule has 188 valence electrons. The van der Waals surface area contributed by atoms with E-state index in [-0.39, 0.29) is 24.4 Å². The minimum absolute atomic E-state index is 0.00106. The molecular weight excluding hydrogens is 444 g/mol. The van der Waals surface area contributed by atoms with Crippen molar-refractivity contribution in [2.45, 2.75) is 54.4 Å². The molecule has 2 aromatic carbocycles. The number of benzene rings is 2. The summed E-state index contributed by atoms with van der Waals surface area (Å²) in [4.78, 5) is 51.2. The van der Waals surface area contributed by atoms with E-state index >= 15 is 0 Å². The molecule has 6 heteroatoms. The number of carbonyl (C=O) groups excluding carboxylic acids is 4. The smallest absolute Gasteiger partial charge is 0.323 e. The fraction of sp³-hybridized carbons (Fsp3) is 0.448. The van der Waals surface area contributed by atoms with E-state index in [1.165, 1.54) is 14.2 Å². The highest BCUT2D eigenvalue weighted by Crippen LogP contribution is 2.33. The second-order valence-electron chi connectivity index (χ2n) is 11.0. The van der Waals surface area contributed by atoms with Gasteiger partial charge in [-0.25, -0.2) is 0 Å². The first kappa shape index (κ1) is 28.0. The van der Waals surface area contributed by atoms with Crippen molar-refractivity contribution in [1.29, 1.82) is 0 Å². The molecule has 0 saturated carbocycles. The van der Waals surface area contributed by atoms with E-state index in [0.29, 0.717) is 22.3 Å². The topological polar surface area (TPSA) is 86.7 Å². The molecule has 0 aromatic heterocycles. The number of hydrogen-bond acceptors (Lipinski definition) is 6. The first-order chi connectivity index (χ1) is 16.2. The lowest BCUT2D eigenvalue weighted by molar-refractivity contribution is -0.169. The van der Waals surface area contributed by atoms with E-state index in [2.05, 4.69) is 0 Å². The van der Waals surface area contributed by atoms with E-state index in [9.17, 15) is 19.2 Å². The Labute approximate surface area is 208 Å². The molecule has 0 unspecified atom stereocenters. The maximum atomic E-state index is 13.0. The first-order valence-electron chi connectivity index (χ1n) is 11.6. The third kappa shape index (κ3) is 6.44. The average Bonchev–Trinajstić information content (AvgIpc) is 2.81. The molecule has 0 aliphatic carbocycles. The summed E-state index contributed by atoms with van der Waals surface area (Å²) in [7, 11) is 2.46. The summed E-state index contributed by atoms with van der Waals surface area (Å²) in [5, 5.41) is 0. The number of ketones is 2. The lowest BCUT2D eigenvalue weighted by Gasteiger charge is -2.29. The number of rotatable bonds is 8. The van der Waals surface area contributed by atoms with Crippen LogP contribution in [-0.2, 0) is 31.9 Å². The second kappa shape index (κ2) is 10.5. The molecule has 0 atom stereocenters. The standard InChI is InChI=1S/C29H36O6/c1-27(2,3)23(30)21-13-9-19(10-14-21)17-29(25(32)34-7,26(33)35-8)18-20-11-15-22(16-12-20)24(31)28(4,5)6/h9-16H,17-18H2,1-8H3. The van der Waals surface area contributed by atoms with Gasteiger partial charge in [0.2, 0.25) is 0 Å². The van der Waals surface area contributed by atoms with Crippen molar-refractivity contribution in [1.82, 2.24) is 0 Å². The molecule has 0 amide bonds. The van der Waals surface area contributed by atoms with Crippen molar-refractivity contribution < 1.29 is 28.7 Å². The minimum Gasteiger partial charge on any atom is -0.468 e. The van der Waals surface area contributed by atoms with Gasteiger partial charge in [-0.3, -0.25) is 19.2 Å². The fourth-order valence-corrected chi connectivity index (χ4v) is 3.94. The van der Waals surface area contributed by atoms with E-state index in [1.54, 1.807) is 48.5 Å². The van der Waals surface area contributed by atoms with Gasteiger partial charge in [0.25, 0.3) is 0 Å². The van der Waals surface area contributed by atoms with E-state index in [1.807, 2.05) is 41.5 Å². The van der Waals surface area contributed by atoms with Crippen LogP contribution in [0.4, 0.5) is 0 Å². The van der Waals surface area contributed by atoms with E-state index in [4.69, 9.17) is 9.47 Å². The van der Waals surface area contributed by atoms with E-state index in [0.717, 1.165) is 0 Å². The Hall–Kier alpha value is -3.28. The van der Waals surface area contributed by atoms with E-state index < -0.39 is 28.2 Å². The predicted molar refractivity (Wildman–Crippen MR) is 134 cm³/mol. The maximum absolute atomic E-state index is 13.0. The Morgan fingerprint density at radius 3 is 1.09 bits per heavy atom. The summed E-state index contributed by atoms with van der Waals surface area (Å²) in [6.45, 7) is 11.1. The van der Waals surface area contributed by atoms with Gasteiger partial charge in [0, 0.05) is 22.0 Å². The van der Waals surface area contributed by atoms with Crippen molar-refractivity contribution in [3.8, 4) is 0 Å². The molecule has 0 radical (unpaired) electrons. The number of carbonyl (C=O) groups is 4. The Morgan fingerprint density at radius 2 is 0.857 bits per heavy atom. The number of hydrogen-bond donors (Lipinski definition) is 0. The van der Waals surface area contributed by atoms with Crippen molar-refractivity contribution >= 4 is 23.5 Å². The average molecular weight is 481 g/mol. The van der Waals surface area contributed by atoms with Crippen LogP contribution in [0.15, 0.2) is 48.5 Å². The molecule has 0 aliphatic rings. The van der Waals surface area contributed by atoms with Crippen LogP contribution in [0, 0.1) is 16.2 Å². The number of ether oxygens (including phenoxy) is 2.